The van der Waals surface area contributed by atoms with Gasteiger partial charge < -0.3 is 10.1 Å². The summed E-state index contributed by atoms with van der Waals surface area (Å²) in [5, 5.41) is 2.86. The second-order valence-corrected chi connectivity index (χ2v) is 5.48. The molecule has 0 aromatic heterocycles. The van der Waals surface area contributed by atoms with Crippen molar-refractivity contribution in [3.8, 4) is 0 Å². The predicted molar refractivity (Wildman–Crippen MR) is 66.5 cm³/mol. The molecule has 3 nitrogen and oxygen atoms in total. The lowest BCUT2D eigenvalue weighted by Crippen LogP contribution is -2.27. The first-order valence-electron chi connectivity index (χ1n) is 5.31. The number of hydrogen-bond acceptors (Lipinski definition) is 3. The first kappa shape index (κ1) is 11.5. The van der Waals surface area contributed by atoms with Crippen LogP contribution in [-0.2, 0) is 9.53 Å². The number of hydrogen-bond donors (Lipinski definition) is 1. The van der Waals surface area contributed by atoms with Crippen LogP contribution in [0.15, 0.2) is 30.3 Å². The fraction of sp³-hybridized carbons (Fsp3) is 0.417. The number of rotatable bonds is 3. The molecule has 1 aliphatic rings. The summed E-state index contributed by atoms with van der Waals surface area (Å²) in [6.45, 7) is 2.70. The van der Waals surface area contributed by atoms with Crippen molar-refractivity contribution in [2.75, 3.05) is 17.7 Å². The van der Waals surface area contributed by atoms with E-state index in [4.69, 9.17) is 4.74 Å². The van der Waals surface area contributed by atoms with Crippen molar-refractivity contribution >= 4 is 23.4 Å². The third-order valence-electron chi connectivity index (χ3n) is 2.44. The highest BCUT2D eigenvalue weighted by molar-refractivity contribution is 8.00. The number of para-hydroxylation sites is 1. The van der Waals surface area contributed by atoms with Crippen molar-refractivity contribution in [3.63, 3.8) is 0 Å². The molecule has 1 aromatic rings. The number of nitrogens with one attached hydrogen (secondary N) is 1. The zero-order valence-electron chi connectivity index (χ0n) is 9.23. The van der Waals surface area contributed by atoms with Crippen molar-refractivity contribution in [2.45, 2.75) is 18.3 Å². The Morgan fingerprint density at radius 2 is 2.25 bits per heavy atom. The molecule has 1 aromatic carbocycles. The Morgan fingerprint density at radius 3 is 2.88 bits per heavy atom. The highest BCUT2D eigenvalue weighted by Crippen LogP contribution is 2.35. The average molecular weight is 237 g/mol. The zero-order valence-corrected chi connectivity index (χ0v) is 10.0. The summed E-state index contributed by atoms with van der Waals surface area (Å²) in [6.07, 6.45) is 0.395. The minimum atomic E-state index is -0.348. The van der Waals surface area contributed by atoms with E-state index < -0.39 is 0 Å². The molecule has 4 heteroatoms. The normalized spacial score (nSPS) is 24.3. The molecule has 0 aliphatic carbocycles. The molecule has 1 unspecified atom stereocenters. The van der Waals surface area contributed by atoms with Crippen molar-refractivity contribution in [1.82, 2.24) is 0 Å². The molecule has 16 heavy (non-hydrogen) atoms. The molecule has 0 spiro atoms. The molecule has 0 saturated carbocycles. The van der Waals surface area contributed by atoms with Gasteiger partial charge in [0.25, 0.3) is 0 Å². The van der Waals surface area contributed by atoms with Crippen LogP contribution in [0.1, 0.15) is 13.3 Å². The predicted octanol–water partition coefficient (Wildman–Crippen LogP) is 2.49. The van der Waals surface area contributed by atoms with Gasteiger partial charge in [-0.3, -0.25) is 4.79 Å². The van der Waals surface area contributed by atoms with Gasteiger partial charge in [-0.2, -0.15) is 0 Å². The molecule has 2 rings (SSSR count). The lowest BCUT2D eigenvalue weighted by molar-refractivity contribution is -0.119. The number of thioether (sulfide) groups is 1. The lowest BCUT2D eigenvalue weighted by Gasteiger charge is -2.21. The van der Waals surface area contributed by atoms with Gasteiger partial charge >= 0.3 is 0 Å². The van der Waals surface area contributed by atoms with Gasteiger partial charge in [-0.25, -0.2) is 0 Å². The number of ether oxygens (including phenoxy) is 1. The topological polar surface area (TPSA) is 38.3 Å². The molecule has 1 aliphatic heterocycles. The summed E-state index contributed by atoms with van der Waals surface area (Å²) < 4.78 is 5.55. The summed E-state index contributed by atoms with van der Waals surface area (Å²) in [5.74, 6) is 0.970. The van der Waals surface area contributed by atoms with Gasteiger partial charge in [-0.05, 0) is 19.1 Å². The maximum atomic E-state index is 11.8. The SMILES string of the molecule is CC1(CC(=O)Nc2ccccc2)OCCS1. The van der Waals surface area contributed by atoms with Gasteiger partial charge in [0.15, 0.2) is 0 Å². The zero-order chi connectivity index (χ0) is 11.4. The molecule has 1 N–H and O–H groups in total. The Labute approximate surface area is 99.6 Å². The summed E-state index contributed by atoms with van der Waals surface area (Å²) in [7, 11) is 0. The van der Waals surface area contributed by atoms with Crippen LogP contribution in [0.4, 0.5) is 5.69 Å². The van der Waals surface area contributed by atoms with E-state index in [1.165, 1.54) is 0 Å². The summed E-state index contributed by atoms with van der Waals surface area (Å²) in [5.41, 5.74) is 0.832. The number of amides is 1. The average Bonchev–Trinajstić information content (AvgIpc) is 2.66. The van der Waals surface area contributed by atoms with Crippen molar-refractivity contribution < 1.29 is 9.53 Å². The van der Waals surface area contributed by atoms with Crippen molar-refractivity contribution in [3.05, 3.63) is 30.3 Å². The van der Waals surface area contributed by atoms with Crippen LogP contribution < -0.4 is 5.32 Å². The van der Waals surface area contributed by atoms with E-state index in [0.29, 0.717) is 6.42 Å². The fourth-order valence-electron chi connectivity index (χ4n) is 1.68. The Morgan fingerprint density at radius 1 is 1.50 bits per heavy atom. The third kappa shape index (κ3) is 3.00. The monoisotopic (exact) mass is 237 g/mol. The van der Waals surface area contributed by atoms with Crippen LogP contribution in [0.3, 0.4) is 0 Å². The number of benzene rings is 1. The van der Waals surface area contributed by atoms with E-state index in [9.17, 15) is 4.79 Å². The van der Waals surface area contributed by atoms with Crippen LogP contribution in [0.25, 0.3) is 0 Å². The van der Waals surface area contributed by atoms with Crippen molar-refractivity contribution in [1.29, 1.82) is 0 Å². The largest absolute Gasteiger partial charge is 0.363 e. The molecule has 0 bridgehead atoms. The molecule has 1 saturated heterocycles. The summed E-state index contributed by atoms with van der Waals surface area (Å²) in [6, 6.07) is 9.48. The molecule has 1 atom stereocenters. The number of carbonyl (C=O) groups is 1. The van der Waals surface area contributed by atoms with Crippen LogP contribution in [0, 0.1) is 0 Å². The first-order valence-corrected chi connectivity index (χ1v) is 6.29. The van der Waals surface area contributed by atoms with Crippen LogP contribution in [0.2, 0.25) is 0 Å². The first-order chi connectivity index (χ1) is 7.68. The highest BCUT2D eigenvalue weighted by atomic mass is 32.2. The maximum absolute atomic E-state index is 11.8. The molecule has 86 valence electrons. The standard InChI is InChI=1S/C12H15NO2S/c1-12(15-7-8-16-12)9-11(14)13-10-5-3-2-4-6-10/h2-6H,7-9H2,1H3,(H,13,14). The molecule has 1 heterocycles. The molecule has 0 radical (unpaired) electrons. The molecule has 1 fully saturated rings. The minimum Gasteiger partial charge on any atom is -0.363 e. The summed E-state index contributed by atoms with van der Waals surface area (Å²) >= 11 is 1.70. The van der Waals surface area contributed by atoms with Gasteiger partial charge in [0, 0.05) is 11.4 Å². The van der Waals surface area contributed by atoms with E-state index in [1.54, 1.807) is 11.8 Å². The fourth-order valence-corrected chi connectivity index (χ4v) is 2.68. The van der Waals surface area contributed by atoms with Crippen LogP contribution in [-0.4, -0.2) is 23.2 Å². The second-order valence-electron chi connectivity index (χ2n) is 3.92. The van der Waals surface area contributed by atoms with Crippen molar-refractivity contribution in [2.24, 2.45) is 0 Å². The van der Waals surface area contributed by atoms with Gasteiger partial charge in [-0.1, -0.05) is 18.2 Å². The van der Waals surface area contributed by atoms with Gasteiger partial charge in [0.2, 0.25) is 5.91 Å². The highest BCUT2D eigenvalue weighted by Gasteiger charge is 2.33. The number of carbonyl (C=O) groups excluding carboxylic acids is 1. The molecule has 1 amide bonds. The number of anilines is 1. The Bertz CT molecular complexity index is 361. The van der Waals surface area contributed by atoms with E-state index in [-0.39, 0.29) is 10.8 Å². The Hall–Kier alpha value is -1.00. The summed E-state index contributed by atoms with van der Waals surface area (Å²) in [4.78, 5) is 11.4. The molecular formula is C12H15NO2S. The Kier molecular flexibility index (Phi) is 3.51. The van der Waals surface area contributed by atoms with Gasteiger partial charge in [0.1, 0.15) is 4.93 Å². The minimum absolute atomic E-state index is 0.00287. The quantitative estimate of drug-likeness (QED) is 0.877. The van der Waals surface area contributed by atoms with E-state index in [2.05, 4.69) is 5.32 Å². The maximum Gasteiger partial charge on any atom is 0.228 e. The van der Waals surface area contributed by atoms with Gasteiger partial charge in [0.05, 0.1) is 13.0 Å². The smallest absolute Gasteiger partial charge is 0.228 e. The van der Waals surface area contributed by atoms with Crippen LogP contribution >= 0.6 is 11.8 Å². The second kappa shape index (κ2) is 4.89. The Balaban J connectivity index is 1.89. The van der Waals surface area contributed by atoms with E-state index >= 15 is 0 Å². The third-order valence-corrected chi connectivity index (χ3v) is 3.68. The lowest BCUT2D eigenvalue weighted by atomic mass is 10.2. The van der Waals surface area contributed by atoms with Crippen LogP contribution in [0.5, 0.6) is 0 Å². The van der Waals surface area contributed by atoms with E-state index in [1.807, 2.05) is 37.3 Å². The van der Waals surface area contributed by atoms with Gasteiger partial charge in [-0.15, -0.1) is 11.8 Å². The molecular weight excluding hydrogens is 222 g/mol. The van der Waals surface area contributed by atoms with E-state index in [0.717, 1.165) is 18.0 Å².